The molecule has 0 aliphatic heterocycles. The average molecular weight is 211 g/mol. The number of non-ortho nitro benzene ring substituents is 1. The summed E-state index contributed by atoms with van der Waals surface area (Å²) in [6.07, 6.45) is 0. The smallest absolute Gasteiger partial charge is 0.337 e. The molecule has 8 heteroatoms. The number of benzene rings is 1. The van der Waals surface area contributed by atoms with Crippen LogP contribution in [-0.4, -0.2) is 16.0 Å². The normalized spacial score (nSPS) is 9.33. The topological polar surface area (TPSA) is 122 Å². The first-order chi connectivity index (χ1) is 7.06. The van der Waals surface area contributed by atoms with E-state index in [1.165, 1.54) is 0 Å². The molecule has 0 bridgehead atoms. The summed E-state index contributed by atoms with van der Waals surface area (Å²) in [5.74, 6) is -1.31. The van der Waals surface area contributed by atoms with Gasteiger partial charge in [0.1, 0.15) is 0 Å². The Labute approximate surface area is 82.6 Å². The second-order valence-electron chi connectivity index (χ2n) is 2.50. The molecule has 1 aromatic carbocycles. The van der Waals surface area contributed by atoms with Gasteiger partial charge >= 0.3 is 5.97 Å². The van der Waals surface area contributed by atoms with Crippen molar-refractivity contribution in [2.75, 3.05) is 5.43 Å². The van der Waals surface area contributed by atoms with Crippen LogP contribution in [0.5, 0.6) is 0 Å². The number of nitroso groups, excluding NO2 is 1. The van der Waals surface area contributed by atoms with E-state index < -0.39 is 10.9 Å². The Hall–Kier alpha value is -2.51. The number of hydrogen-bond acceptors (Lipinski definition) is 5. The zero-order valence-corrected chi connectivity index (χ0v) is 7.21. The van der Waals surface area contributed by atoms with E-state index in [0.717, 1.165) is 18.2 Å². The highest BCUT2D eigenvalue weighted by Crippen LogP contribution is 2.22. The number of anilines is 1. The molecule has 0 aliphatic rings. The van der Waals surface area contributed by atoms with E-state index in [2.05, 4.69) is 5.29 Å². The number of carbonyl (C=O) groups is 1. The summed E-state index contributed by atoms with van der Waals surface area (Å²) in [5.41, 5.74) is 1.03. The number of nitrogens with one attached hydrogen (secondary N) is 1. The predicted octanol–water partition coefficient (Wildman–Crippen LogP) is 1.39. The number of nitrogens with zero attached hydrogens (tertiary/aromatic N) is 2. The lowest BCUT2D eigenvalue weighted by Crippen LogP contribution is -2.02. The van der Waals surface area contributed by atoms with Crippen LogP contribution in [0.15, 0.2) is 23.5 Å². The van der Waals surface area contributed by atoms with Gasteiger partial charge in [0.05, 0.1) is 21.5 Å². The zero-order valence-electron chi connectivity index (χ0n) is 7.21. The fourth-order valence-corrected chi connectivity index (χ4v) is 0.974. The number of carboxylic acid groups (broad SMARTS) is 1. The highest BCUT2D eigenvalue weighted by molar-refractivity contribution is 5.94. The highest BCUT2D eigenvalue weighted by Gasteiger charge is 2.15. The molecular formula is C7H5N3O5. The molecule has 8 nitrogen and oxygen atoms in total. The summed E-state index contributed by atoms with van der Waals surface area (Å²) >= 11 is 0. The highest BCUT2D eigenvalue weighted by atomic mass is 16.6. The van der Waals surface area contributed by atoms with Gasteiger partial charge in [-0.3, -0.25) is 10.1 Å². The number of nitro groups is 1. The van der Waals surface area contributed by atoms with Crippen molar-refractivity contribution >= 4 is 17.3 Å². The van der Waals surface area contributed by atoms with Crippen LogP contribution in [0.3, 0.4) is 0 Å². The average Bonchev–Trinajstić information content (AvgIpc) is 2.17. The maximum atomic E-state index is 10.6. The molecule has 2 N–H and O–H groups in total. The lowest BCUT2D eigenvalue weighted by atomic mass is 10.1. The van der Waals surface area contributed by atoms with Gasteiger partial charge in [0.25, 0.3) is 5.69 Å². The Morgan fingerprint density at radius 1 is 1.53 bits per heavy atom. The molecule has 0 radical (unpaired) electrons. The van der Waals surface area contributed by atoms with E-state index >= 15 is 0 Å². The lowest BCUT2D eigenvalue weighted by molar-refractivity contribution is -0.384. The quantitative estimate of drug-likeness (QED) is 0.440. The van der Waals surface area contributed by atoms with Crippen LogP contribution in [0.25, 0.3) is 0 Å². The third kappa shape index (κ3) is 2.24. The van der Waals surface area contributed by atoms with E-state index in [0.29, 0.717) is 0 Å². The van der Waals surface area contributed by atoms with Gasteiger partial charge in [-0.25, -0.2) is 10.2 Å². The van der Waals surface area contributed by atoms with E-state index in [9.17, 15) is 19.8 Å². The molecule has 0 fully saturated rings. The molecular weight excluding hydrogens is 206 g/mol. The summed E-state index contributed by atoms with van der Waals surface area (Å²) in [7, 11) is 0. The fourth-order valence-electron chi connectivity index (χ4n) is 0.974. The minimum atomic E-state index is -1.31. The lowest BCUT2D eigenvalue weighted by Gasteiger charge is -2.02. The van der Waals surface area contributed by atoms with Crippen LogP contribution >= 0.6 is 0 Å². The number of nitro benzene ring substituents is 1. The van der Waals surface area contributed by atoms with Gasteiger partial charge in [-0.1, -0.05) is 0 Å². The van der Waals surface area contributed by atoms with Crippen LogP contribution < -0.4 is 5.43 Å². The van der Waals surface area contributed by atoms with Crippen LogP contribution in [0.2, 0.25) is 0 Å². The molecule has 78 valence electrons. The minimum absolute atomic E-state index is 0.216. The summed E-state index contributed by atoms with van der Waals surface area (Å²) in [6.45, 7) is 0. The molecule has 0 amide bonds. The van der Waals surface area contributed by atoms with E-state index in [4.69, 9.17) is 5.11 Å². The van der Waals surface area contributed by atoms with Crippen LogP contribution in [-0.2, 0) is 0 Å². The Kier molecular flexibility index (Phi) is 2.91. The summed E-state index contributed by atoms with van der Waals surface area (Å²) in [6, 6.07) is 2.97. The second kappa shape index (κ2) is 4.13. The van der Waals surface area contributed by atoms with Crippen molar-refractivity contribution in [3.63, 3.8) is 0 Å². The van der Waals surface area contributed by atoms with Gasteiger partial charge in [0.2, 0.25) is 0 Å². The fraction of sp³-hybridized carbons (Fsp3) is 0. The first kappa shape index (κ1) is 10.6. The first-order valence-electron chi connectivity index (χ1n) is 3.66. The van der Waals surface area contributed by atoms with Crippen molar-refractivity contribution in [2.45, 2.75) is 0 Å². The maximum Gasteiger partial charge on any atom is 0.337 e. The monoisotopic (exact) mass is 211 g/mol. The predicted molar refractivity (Wildman–Crippen MR) is 49.5 cm³/mol. The van der Waals surface area contributed by atoms with Crippen molar-refractivity contribution in [3.8, 4) is 0 Å². The van der Waals surface area contributed by atoms with E-state index in [1.54, 1.807) is 0 Å². The standard InChI is InChI=1S/C7H5N3O5/c11-7(12)5-2-1-4(10(14)15)3-6(5)8-9-13/h1-3H,(H,8,13)(H,11,12). The Bertz CT molecular complexity index is 431. The molecule has 1 rings (SSSR count). The third-order valence-corrected chi connectivity index (χ3v) is 1.61. The van der Waals surface area contributed by atoms with Gasteiger partial charge in [-0.2, -0.15) is 0 Å². The van der Waals surface area contributed by atoms with Gasteiger partial charge in [-0.15, -0.1) is 4.91 Å². The second-order valence-corrected chi connectivity index (χ2v) is 2.50. The number of aromatic carboxylic acids is 1. The van der Waals surface area contributed by atoms with E-state index in [-0.39, 0.29) is 16.9 Å². The van der Waals surface area contributed by atoms with Crippen LogP contribution in [0.4, 0.5) is 11.4 Å². The summed E-state index contributed by atoms with van der Waals surface area (Å²) in [5, 5.41) is 21.3. The Morgan fingerprint density at radius 2 is 2.20 bits per heavy atom. The molecule has 1 aromatic rings. The van der Waals surface area contributed by atoms with Crippen molar-refractivity contribution < 1.29 is 14.8 Å². The van der Waals surface area contributed by atoms with Crippen molar-refractivity contribution in [3.05, 3.63) is 38.8 Å². The minimum Gasteiger partial charge on any atom is -0.478 e. The maximum absolute atomic E-state index is 10.6. The van der Waals surface area contributed by atoms with Gasteiger partial charge in [0, 0.05) is 12.1 Å². The molecule has 0 spiro atoms. The van der Waals surface area contributed by atoms with E-state index in [1.807, 2.05) is 5.43 Å². The zero-order chi connectivity index (χ0) is 11.4. The molecule has 0 atom stereocenters. The summed E-state index contributed by atoms with van der Waals surface area (Å²) in [4.78, 5) is 30.2. The number of hydrogen-bond donors (Lipinski definition) is 2. The molecule has 0 aromatic heterocycles. The largest absolute Gasteiger partial charge is 0.478 e. The number of rotatable bonds is 4. The Balaban J connectivity index is 3.25. The van der Waals surface area contributed by atoms with Gasteiger partial charge in [-0.05, 0) is 6.07 Å². The first-order valence-corrected chi connectivity index (χ1v) is 3.66. The SMILES string of the molecule is O=NNc1cc([N+](=O)[O-])ccc1C(=O)O. The molecule has 0 aliphatic carbocycles. The molecule has 0 saturated heterocycles. The molecule has 15 heavy (non-hydrogen) atoms. The van der Waals surface area contributed by atoms with Gasteiger partial charge < -0.3 is 5.11 Å². The van der Waals surface area contributed by atoms with Crippen LogP contribution in [0, 0.1) is 15.0 Å². The molecule has 0 unspecified atom stereocenters. The van der Waals surface area contributed by atoms with Crippen molar-refractivity contribution in [1.29, 1.82) is 0 Å². The third-order valence-electron chi connectivity index (χ3n) is 1.61. The van der Waals surface area contributed by atoms with Crippen LogP contribution in [0.1, 0.15) is 10.4 Å². The molecule has 0 heterocycles. The van der Waals surface area contributed by atoms with Crippen molar-refractivity contribution in [2.24, 2.45) is 5.29 Å². The van der Waals surface area contributed by atoms with Crippen molar-refractivity contribution in [1.82, 2.24) is 0 Å². The number of carboxylic acids is 1. The molecule has 0 saturated carbocycles. The summed E-state index contributed by atoms with van der Waals surface area (Å²) < 4.78 is 0. The van der Waals surface area contributed by atoms with Gasteiger partial charge in [0.15, 0.2) is 0 Å². The Morgan fingerprint density at radius 3 is 2.67 bits per heavy atom.